The number of carboxylic acids is 1. The highest BCUT2D eigenvalue weighted by atomic mass is 16.4. The first-order valence-electron chi connectivity index (χ1n) is 6.86. The summed E-state index contributed by atoms with van der Waals surface area (Å²) in [4.78, 5) is 24.7. The zero-order valence-electron chi connectivity index (χ0n) is 11.8. The molecule has 0 atom stereocenters. The second-order valence-corrected chi connectivity index (χ2v) is 5.37. The van der Waals surface area contributed by atoms with Crippen molar-refractivity contribution in [2.45, 2.75) is 51.6 Å². The Hall–Kier alpha value is -1.52. The topological polar surface area (TPSA) is 69.6 Å². The maximum Gasteiger partial charge on any atom is 0.318 e. The molecule has 19 heavy (non-hydrogen) atoms. The number of carboxylic acid groups (broad SMARTS) is 1. The standard InChI is InChI=1S/C14H24N2O3/c1-4-9-16(10(2)3)14(19)15-12-7-5-11(6-8-12)13(17)18/h4,10-12H,1,5-9H2,2-3H3,(H,15,19)(H,17,18). The average molecular weight is 268 g/mol. The maximum absolute atomic E-state index is 12.1. The Bertz CT molecular complexity index is 334. The minimum atomic E-state index is -0.722. The highest BCUT2D eigenvalue weighted by Crippen LogP contribution is 2.24. The fourth-order valence-electron chi connectivity index (χ4n) is 2.41. The molecular weight excluding hydrogens is 244 g/mol. The van der Waals surface area contributed by atoms with Crippen LogP contribution in [0.3, 0.4) is 0 Å². The molecule has 0 aromatic heterocycles. The first kappa shape index (κ1) is 15.5. The van der Waals surface area contributed by atoms with Crippen molar-refractivity contribution in [1.29, 1.82) is 0 Å². The molecule has 2 amide bonds. The largest absolute Gasteiger partial charge is 0.481 e. The molecule has 5 heteroatoms. The fourth-order valence-corrected chi connectivity index (χ4v) is 2.41. The molecule has 0 aromatic carbocycles. The molecule has 0 aromatic rings. The Morgan fingerprint density at radius 2 is 1.95 bits per heavy atom. The predicted molar refractivity (Wildman–Crippen MR) is 74.0 cm³/mol. The molecule has 0 saturated heterocycles. The Morgan fingerprint density at radius 1 is 1.37 bits per heavy atom. The second-order valence-electron chi connectivity index (χ2n) is 5.37. The molecule has 0 radical (unpaired) electrons. The van der Waals surface area contributed by atoms with Crippen molar-refractivity contribution in [2.24, 2.45) is 5.92 Å². The highest BCUT2D eigenvalue weighted by molar-refractivity contribution is 5.75. The number of aliphatic carboxylic acids is 1. The summed E-state index contributed by atoms with van der Waals surface area (Å²) in [5.41, 5.74) is 0. The number of nitrogens with one attached hydrogen (secondary N) is 1. The van der Waals surface area contributed by atoms with E-state index in [1.807, 2.05) is 13.8 Å². The zero-order valence-corrected chi connectivity index (χ0v) is 11.8. The number of nitrogens with zero attached hydrogens (tertiary/aromatic N) is 1. The van der Waals surface area contributed by atoms with Gasteiger partial charge in [-0.05, 0) is 39.5 Å². The average Bonchev–Trinajstić information content (AvgIpc) is 2.36. The smallest absolute Gasteiger partial charge is 0.318 e. The van der Waals surface area contributed by atoms with Gasteiger partial charge in [0.1, 0.15) is 0 Å². The van der Waals surface area contributed by atoms with Crippen molar-refractivity contribution >= 4 is 12.0 Å². The molecule has 5 nitrogen and oxygen atoms in total. The van der Waals surface area contributed by atoms with Crippen LogP contribution in [-0.4, -0.2) is 40.6 Å². The van der Waals surface area contributed by atoms with Crippen LogP contribution in [0.1, 0.15) is 39.5 Å². The van der Waals surface area contributed by atoms with E-state index in [0.29, 0.717) is 19.4 Å². The molecule has 0 unspecified atom stereocenters. The summed E-state index contributed by atoms with van der Waals surface area (Å²) < 4.78 is 0. The van der Waals surface area contributed by atoms with Gasteiger partial charge in [-0.15, -0.1) is 6.58 Å². The van der Waals surface area contributed by atoms with E-state index in [1.54, 1.807) is 11.0 Å². The number of amides is 2. The van der Waals surface area contributed by atoms with Crippen molar-refractivity contribution < 1.29 is 14.7 Å². The van der Waals surface area contributed by atoms with E-state index < -0.39 is 5.97 Å². The molecule has 108 valence electrons. The van der Waals surface area contributed by atoms with Gasteiger partial charge in [0.15, 0.2) is 0 Å². The van der Waals surface area contributed by atoms with Gasteiger partial charge >= 0.3 is 12.0 Å². The summed E-state index contributed by atoms with van der Waals surface area (Å²) in [6.07, 6.45) is 4.47. The van der Waals surface area contributed by atoms with Gasteiger partial charge in [0.2, 0.25) is 0 Å². The predicted octanol–water partition coefficient (Wildman–Crippen LogP) is 2.24. The lowest BCUT2D eigenvalue weighted by molar-refractivity contribution is -0.142. The molecule has 0 aliphatic heterocycles. The van der Waals surface area contributed by atoms with Gasteiger partial charge in [-0.2, -0.15) is 0 Å². The van der Waals surface area contributed by atoms with Crippen molar-refractivity contribution in [3.8, 4) is 0 Å². The molecule has 0 bridgehead atoms. The maximum atomic E-state index is 12.1. The monoisotopic (exact) mass is 268 g/mol. The molecule has 1 saturated carbocycles. The van der Waals surface area contributed by atoms with E-state index in [4.69, 9.17) is 5.11 Å². The van der Waals surface area contributed by atoms with Crippen LogP contribution in [0.5, 0.6) is 0 Å². The summed E-state index contributed by atoms with van der Waals surface area (Å²) >= 11 is 0. The SMILES string of the molecule is C=CCN(C(=O)NC1CCC(C(=O)O)CC1)C(C)C. The van der Waals surface area contributed by atoms with Gasteiger partial charge in [-0.1, -0.05) is 6.08 Å². The number of hydrogen-bond donors (Lipinski definition) is 2. The Kier molecular flexibility index (Phi) is 5.86. The molecule has 0 heterocycles. The lowest BCUT2D eigenvalue weighted by Gasteiger charge is -2.31. The third-order valence-corrected chi connectivity index (χ3v) is 3.61. The van der Waals surface area contributed by atoms with E-state index in [1.165, 1.54) is 0 Å². The number of rotatable bonds is 5. The van der Waals surface area contributed by atoms with Crippen LogP contribution in [0.4, 0.5) is 4.79 Å². The van der Waals surface area contributed by atoms with E-state index in [2.05, 4.69) is 11.9 Å². The normalized spacial score (nSPS) is 22.9. The number of hydrogen-bond acceptors (Lipinski definition) is 2. The minimum absolute atomic E-state index is 0.0892. The molecule has 1 aliphatic carbocycles. The summed E-state index contributed by atoms with van der Waals surface area (Å²) in [6.45, 7) is 8.10. The van der Waals surface area contributed by atoms with Crippen LogP contribution in [-0.2, 0) is 4.79 Å². The van der Waals surface area contributed by atoms with E-state index in [-0.39, 0.29) is 24.0 Å². The summed E-state index contributed by atoms with van der Waals surface area (Å²) in [5.74, 6) is -0.970. The van der Waals surface area contributed by atoms with E-state index >= 15 is 0 Å². The quantitative estimate of drug-likeness (QED) is 0.751. The van der Waals surface area contributed by atoms with Crippen LogP contribution in [0.25, 0.3) is 0 Å². The highest BCUT2D eigenvalue weighted by Gasteiger charge is 2.27. The first-order valence-corrected chi connectivity index (χ1v) is 6.86. The number of urea groups is 1. The number of carbonyl (C=O) groups excluding carboxylic acids is 1. The second kappa shape index (κ2) is 7.16. The molecule has 1 rings (SSSR count). The van der Waals surface area contributed by atoms with Crippen LogP contribution in [0.2, 0.25) is 0 Å². The summed E-state index contributed by atoms with van der Waals surface area (Å²) in [7, 11) is 0. The van der Waals surface area contributed by atoms with Crippen LogP contribution in [0, 0.1) is 5.92 Å². The van der Waals surface area contributed by atoms with Crippen LogP contribution in [0.15, 0.2) is 12.7 Å². The Balaban J connectivity index is 2.45. The van der Waals surface area contributed by atoms with Gasteiger partial charge in [0, 0.05) is 18.6 Å². The third-order valence-electron chi connectivity index (χ3n) is 3.61. The minimum Gasteiger partial charge on any atom is -0.481 e. The molecule has 0 spiro atoms. The Morgan fingerprint density at radius 3 is 2.37 bits per heavy atom. The van der Waals surface area contributed by atoms with Crippen molar-refractivity contribution in [1.82, 2.24) is 10.2 Å². The zero-order chi connectivity index (χ0) is 14.4. The van der Waals surface area contributed by atoms with Crippen molar-refractivity contribution in [3.63, 3.8) is 0 Å². The molecule has 1 fully saturated rings. The van der Waals surface area contributed by atoms with E-state index in [9.17, 15) is 9.59 Å². The van der Waals surface area contributed by atoms with Gasteiger partial charge in [0.25, 0.3) is 0 Å². The summed E-state index contributed by atoms with van der Waals surface area (Å²) in [5, 5.41) is 11.9. The molecular formula is C14H24N2O3. The third kappa shape index (κ3) is 4.58. The van der Waals surface area contributed by atoms with Crippen LogP contribution < -0.4 is 5.32 Å². The van der Waals surface area contributed by atoms with Crippen molar-refractivity contribution in [3.05, 3.63) is 12.7 Å². The van der Waals surface area contributed by atoms with Crippen molar-refractivity contribution in [2.75, 3.05) is 6.54 Å². The Labute approximate surface area is 114 Å². The summed E-state index contributed by atoms with van der Waals surface area (Å²) in [6, 6.07) is 0.121. The lowest BCUT2D eigenvalue weighted by atomic mass is 9.86. The molecule has 2 N–H and O–H groups in total. The van der Waals surface area contributed by atoms with Crippen LogP contribution >= 0.6 is 0 Å². The fraction of sp³-hybridized carbons (Fsp3) is 0.714. The molecule has 1 aliphatic rings. The first-order chi connectivity index (χ1) is 8.95. The lowest BCUT2D eigenvalue weighted by Crippen LogP contribution is -2.48. The van der Waals surface area contributed by atoms with Gasteiger partial charge in [0.05, 0.1) is 5.92 Å². The van der Waals surface area contributed by atoms with E-state index in [0.717, 1.165) is 12.8 Å². The number of carbonyl (C=O) groups is 2. The van der Waals surface area contributed by atoms with Gasteiger partial charge in [-0.25, -0.2) is 4.79 Å². The van der Waals surface area contributed by atoms with Gasteiger partial charge < -0.3 is 15.3 Å². The van der Waals surface area contributed by atoms with Gasteiger partial charge in [-0.3, -0.25) is 4.79 Å².